The molecule has 0 saturated heterocycles. The standard InChI is InChI=1S/C11H18O2.C10H17N3.C10H19N.C10H18O/c12-11(13)7-9-6-5-8-3-1-2-4-10(8)9;11-13-12-7-9-6-5-8-3-1-2-4-10(8)9;2*11-7-9-6-5-8-3-1-2-4-10(8)9/h8-10H,1-7H2,(H,12,13);8-10H,1-7H2;8-10H,1-7,11H2;8-11H,1-7H2. The molecule has 8 aliphatic carbocycles. The van der Waals surface area contributed by atoms with Crippen LogP contribution >= 0.6 is 0 Å². The van der Waals surface area contributed by atoms with Gasteiger partial charge >= 0.3 is 5.97 Å². The Labute approximate surface area is 293 Å². The summed E-state index contributed by atoms with van der Waals surface area (Å²) in [5.41, 5.74) is 14.0. The highest BCUT2D eigenvalue weighted by Crippen LogP contribution is 2.48. The van der Waals surface area contributed by atoms with E-state index in [2.05, 4.69) is 10.0 Å². The first kappa shape index (κ1) is 37.9. The number of azide groups is 1. The molecule has 8 aliphatic rings. The van der Waals surface area contributed by atoms with Gasteiger partial charge in [-0.2, -0.15) is 0 Å². The van der Waals surface area contributed by atoms with Gasteiger partial charge in [0.2, 0.25) is 0 Å². The highest BCUT2D eigenvalue weighted by molar-refractivity contribution is 5.67. The minimum Gasteiger partial charge on any atom is -0.481 e. The van der Waals surface area contributed by atoms with Crippen molar-refractivity contribution >= 4 is 5.97 Å². The van der Waals surface area contributed by atoms with Gasteiger partial charge in [0.05, 0.1) is 0 Å². The van der Waals surface area contributed by atoms with E-state index in [0.29, 0.717) is 30.8 Å². The Hall–Kier alpha value is -1.30. The minimum atomic E-state index is -0.601. The summed E-state index contributed by atoms with van der Waals surface area (Å²) in [7, 11) is 0. The number of rotatable bonds is 6. The van der Waals surface area contributed by atoms with Crippen molar-refractivity contribution in [1.82, 2.24) is 0 Å². The van der Waals surface area contributed by atoms with Crippen LogP contribution in [0.3, 0.4) is 0 Å². The van der Waals surface area contributed by atoms with Gasteiger partial charge in [-0.25, -0.2) is 0 Å². The number of nitrogens with zero attached hydrogens (tertiary/aromatic N) is 3. The van der Waals surface area contributed by atoms with Gasteiger partial charge in [0.15, 0.2) is 0 Å². The van der Waals surface area contributed by atoms with E-state index in [1.807, 2.05) is 0 Å². The molecular weight excluding hydrogens is 596 g/mol. The zero-order valence-electron chi connectivity index (χ0n) is 30.4. The van der Waals surface area contributed by atoms with Crippen LogP contribution in [0.1, 0.15) is 161 Å². The lowest BCUT2D eigenvalue weighted by Gasteiger charge is -2.28. The van der Waals surface area contributed by atoms with Crippen LogP contribution < -0.4 is 5.73 Å². The van der Waals surface area contributed by atoms with Gasteiger partial charge in [-0.05, 0) is 160 Å². The Morgan fingerprint density at radius 1 is 0.562 bits per heavy atom. The summed E-state index contributed by atoms with van der Waals surface area (Å²) in [5, 5.41) is 21.6. The van der Waals surface area contributed by atoms with Crippen molar-refractivity contribution in [3.05, 3.63) is 10.4 Å². The lowest BCUT2D eigenvalue weighted by atomic mass is 9.77. The third-order valence-corrected chi connectivity index (χ3v) is 15.3. The van der Waals surface area contributed by atoms with Crippen molar-refractivity contribution in [3.63, 3.8) is 0 Å². The molecule has 48 heavy (non-hydrogen) atoms. The van der Waals surface area contributed by atoms with Crippen molar-refractivity contribution in [1.29, 1.82) is 0 Å². The summed E-state index contributed by atoms with van der Waals surface area (Å²) in [6, 6.07) is 0. The van der Waals surface area contributed by atoms with Crippen LogP contribution in [0.15, 0.2) is 5.11 Å². The fourth-order valence-electron chi connectivity index (χ4n) is 12.8. The van der Waals surface area contributed by atoms with E-state index >= 15 is 0 Å². The van der Waals surface area contributed by atoms with Gasteiger partial charge in [-0.15, -0.1) is 0 Å². The number of hydrogen-bond donors (Lipinski definition) is 3. The third kappa shape index (κ3) is 10.4. The minimum absolute atomic E-state index is 0.418. The SMILES string of the molecule is NCC1CCC2CCCCC12.O=C(O)CC1CCC2CCCCC21.OCC1CCC2CCCCC12.[N-]=[N+]=NCC1CCC2CCCCC21. The highest BCUT2D eigenvalue weighted by atomic mass is 16.4. The number of carboxylic acid groups (broad SMARTS) is 1. The van der Waals surface area contributed by atoms with Gasteiger partial charge in [0.25, 0.3) is 0 Å². The van der Waals surface area contributed by atoms with Gasteiger partial charge in [-0.3, -0.25) is 4.79 Å². The van der Waals surface area contributed by atoms with Gasteiger partial charge in [-0.1, -0.05) is 82.2 Å². The molecule has 0 heterocycles. The summed E-state index contributed by atoms with van der Waals surface area (Å²) in [6.45, 7) is 2.14. The van der Waals surface area contributed by atoms with Crippen molar-refractivity contribution in [3.8, 4) is 0 Å². The second kappa shape index (κ2) is 19.9. The van der Waals surface area contributed by atoms with Crippen LogP contribution in [0.4, 0.5) is 0 Å². The van der Waals surface area contributed by atoms with Crippen molar-refractivity contribution in [2.24, 2.45) is 81.9 Å². The average molecular weight is 669 g/mol. The molecule has 0 aromatic rings. The Balaban J connectivity index is 0.000000126. The monoisotopic (exact) mass is 669 g/mol. The second-order valence-corrected chi connectivity index (χ2v) is 17.6. The first-order valence-corrected chi connectivity index (χ1v) is 21.1. The third-order valence-electron chi connectivity index (χ3n) is 15.3. The molecule has 8 rings (SSSR count). The predicted octanol–water partition coefficient (Wildman–Crippen LogP) is 10.5. The number of hydrogen-bond acceptors (Lipinski definition) is 4. The molecule has 7 heteroatoms. The Bertz CT molecular complexity index is 926. The van der Waals surface area contributed by atoms with E-state index in [1.165, 1.54) is 154 Å². The van der Waals surface area contributed by atoms with Crippen LogP contribution in [-0.4, -0.2) is 35.9 Å². The Kier molecular flexibility index (Phi) is 15.7. The summed E-state index contributed by atoms with van der Waals surface area (Å²) in [4.78, 5) is 13.5. The molecule has 0 aliphatic heterocycles. The maximum Gasteiger partial charge on any atom is 0.303 e. The molecule has 0 radical (unpaired) electrons. The lowest BCUT2D eigenvalue weighted by Crippen LogP contribution is -2.24. The molecule has 0 amide bonds. The number of fused-ring (bicyclic) bond motifs is 4. The molecule has 0 spiro atoms. The van der Waals surface area contributed by atoms with Crippen molar-refractivity contribution < 1.29 is 15.0 Å². The molecule has 8 fully saturated rings. The molecule has 12 atom stereocenters. The highest BCUT2D eigenvalue weighted by Gasteiger charge is 2.39. The Morgan fingerprint density at radius 3 is 1.38 bits per heavy atom. The van der Waals surface area contributed by atoms with E-state index < -0.39 is 5.97 Å². The van der Waals surface area contributed by atoms with Crippen LogP contribution in [0.2, 0.25) is 0 Å². The molecule has 4 N–H and O–H groups in total. The zero-order valence-corrected chi connectivity index (χ0v) is 30.4. The van der Waals surface area contributed by atoms with E-state index in [0.717, 1.165) is 66.4 Å². The largest absolute Gasteiger partial charge is 0.481 e. The van der Waals surface area contributed by atoms with E-state index in [1.54, 1.807) is 0 Å². The van der Waals surface area contributed by atoms with Crippen LogP contribution in [-0.2, 0) is 4.79 Å². The van der Waals surface area contributed by atoms with Crippen LogP contribution in [0.5, 0.6) is 0 Å². The molecule has 0 aromatic heterocycles. The van der Waals surface area contributed by atoms with E-state index in [9.17, 15) is 4.79 Å². The second-order valence-electron chi connectivity index (χ2n) is 17.6. The number of aliphatic carboxylic acids is 1. The predicted molar refractivity (Wildman–Crippen MR) is 195 cm³/mol. The van der Waals surface area contributed by atoms with Crippen molar-refractivity contribution in [2.75, 3.05) is 19.7 Å². The van der Waals surface area contributed by atoms with Gasteiger partial charge < -0.3 is 15.9 Å². The van der Waals surface area contributed by atoms with Crippen LogP contribution in [0.25, 0.3) is 10.4 Å². The van der Waals surface area contributed by atoms with Crippen LogP contribution in [0, 0.1) is 71.0 Å². The van der Waals surface area contributed by atoms with E-state index in [4.69, 9.17) is 21.5 Å². The topological polar surface area (TPSA) is 132 Å². The lowest BCUT2D eigenvalue weighted by molar-refractivity contribution is -0.138. The first-order valence-electron chi connectivity index (χ1n) is 21.1. The molecule has 8 saturated carbocycles. The summed E-state index contributed by atoms with van der Waals surface area (Å²) >= 11 is 0. The Morgan fingerprint density at radius 2 is 0.938 bits per heavy atom. The molecule has 274 valence electrons. The molecule has 0 aromatic carbocycles. The van der Waals surface area contributed by atoms with Gasteiger partial charge in [0.1, 0.15) is 0 Å². The van der Waals surface area contributed by atoms with E-state index in [-0.39, 0.29) is 0 Å². The summed E-state index contributed by atoms with van der Waals surface area (Å²) in [6.07, 6.45) is 33.8. The fraction of sp³-hybridized carbons (Fsp3) is 0.976. The summed E-state index contributed by atoms with van der Waals surface area (Å²) < 4.78 is 0. The number of aliphatic hydroxyl groups is 1. The number of nitrogens with two attached hydrogens (primary N) is 1. The quantitative estimate of drug-likeness (QED) is 0.148. The fourth-order valence-corrected chi connectivity index (χ4v) is 12.8. The van der Waals surface area contributed by atoms with Gasteiger partial charge in [0, 0.05) is 24.5 Å². The maximum atomic E-state index is 10.6. The molecule has 7 nitrogen and oxygen atoms in total. The number of carboxylic acids is 1. The average Bonchev–Trinajstić information content (AvgIpc) is 3.93. The molecule has 0 bridgehead atoms. The normalized spacial score (nSPS) is 40.9. The smallest absolute Gasteiger partial charge is 0.303 e. The first-order chi connectivity index (χ1) is 23.5. The maximum absolute atomic E-state index is 10.6. The molecule has 12 unspecified atom stereocenters. The number of aliphatic hydroxyl groups excluding tert-OH is 1. The summed E-state index contributed by atoms with van der Waals surface area (Å²) in [5.74, 6) is 9.62. The number of carbonyl (C=O) groups is 1. The zero-order chi connectivity index (χ0) is 33.7. The van der Waals surface area contributed by atoms with Crippen molar-refractivity contribution in [2.45, 2.75) is 161 Å². The molecular formula is C41H72N4O3.